The van der Waals surface area contributed by atoms with Crippen molar-refractivity contribution in [2.75, 3.05) is 26.4 Å². The predicted octanol–water partition coefficient (Wildman–Crippen LogP) is 0.633. The zero-order chi connectivity index (χ0) is 102. The maximum atomic E-state index is 17.2. The van der Waals surface area contributed by atoms with Gasteiger partial charge in [0.1, 0.15) is 156 Å². The third-order valence-electron chi connectivity index (χ3n) is 24.9. The minimum absolute atomic E-state index is 0.0752. The minimum atomic E-state index is -2.62. The third kappa shape index (κ3) is 23.6. The molecule has 0 saturated carbocycles. The Labute approximate surface area is 812 Å². The molecule has 0 spiro atoms. The molecule has 0 radical (unpaired) electrons. The van der Waals surface area contributed by atoms with Gasteiger partial charge in [-0.05, 0) is 144 Å². The second-order valence-electron chi connectivity index (χ2n) is 35.5. The number of phenolic OH excluding ortho intramolecular Hbond substituents is 4. The van der Waals surface area contributed by atoms with Gasteiger partial charge in [0, 0.05) is 48.6 Å². The Morgan fingerprint density at radius 3 is 1.69 bits per heavy atom. The number of carboxylic acid groups (broad SMARTS) is 1. The molecule has 0 unspecified atom stereocenters. The molecule has 9 heterocycles. The molecule has 758 valence electrons. The number of aliphatic hydroxyl groups is 10. The molecule has 28 N–H and O–H groups in total. The number of ether oxygens (including phenoxy) is 9. The summed E-state index contributed by atoms with van der Waals surface area (Å²) in [5, 5.41) is 194. The van der Waals surface area contributed by atoms with E-state index >= 15 is 28.8 Å². The number of aliphatic carboxylic acids is 1. The Hall–Kier alpha value is -12.6. The number of unbranched alkanes of at least 4 members (excludes halogenated alkanes) is 4. The maximum absolute atomic E-state index is 17.2. The number of carbonyl (C=O) groups excluding carboxylic acids is 9. The molecule has 17 bridgehead atoms. The van der Waals surface area contributed by atoms with Crippen LogP contribution in [0.2, 0.25) is 10.0 Å². The third-order valence-corrected chi connectivity index (χ3v) is 25.5. The number of hydrogen-bond donors (Lipinski definition) is 26. The number of nitrogens with two attached hydrogens (primary N) is 2. The van der Waals surface area contributed by atoms with E-state index in [-0.39, 0.29) is 41.3 Å². The molecule has 7 aromatic rings. The summed E-state index contributed by atoms with van der Waals surface area (Å²) in [5.74, 6) is -20.8. The van der Waals surface area contributed by atoms with Crippen LogP contribution in [0.15, 0.2) is 115 Å². The van der Waals surface area contributed by atoms with Gasteiger partial charge in [-0.25, -0.2) is 4.79 Å². The van der Waals surface area contributed by atoms with Gasteiger partial charge in [-0.2, -0.15) is 0 Å². The molecule has 0 aromatic heterocycles. The van der Waals surface area contributed by atoms with Gasteiger partial charge in [0.05, 0.1) is 35.9 Å². The zero-order valence-corrected chi connectivity index (χ0v) is 77.2. The molecule has 9 amide bonds. The van der Waals surface area contributed by atoms with Crippen LogP contribution in [0.5, 0.6) is 69.0 Å². The summed E-state index contributed by atoms with van der Waals surface area (Å²) in [7, 11) is 0. The molecule has 7 aromatic carbocycles. The molecule has 9 aliphatic heterocycles. The average molecular weight is 2010 g/mol. The lowest BCUT2D eigenvalue weighted by Gasteiger charge is -2.44. The summed E-state index contributed by atoms with van der Waals surface area (Å²) in [4.78, 5) is 155. The average Bonchev–Trinajstić information content (AvgIpc) is 0.767. The van der Waals surface area contributed by atoms with E-state index in [9.17, 15) is 95.8 Å². The van der Waals surface area contributed by atoms with Gasteiger partial charge in [-0.3, -0.25) is 43.2 Å². The molecular weight excluding hydrogens is 1900 g/mol. The minimum Gasteiger partial charge on any atom is -0.508 e. The first kappa shape index (κ1) is 104. The number of hydrogen-bond acceptors (Lipinski definition) is 35. The van der Waals surface area contributed by atoms with Crippen molar-refractivity contribution in [3.8, 4) is 80.1 Å². The standard InChI is InChI=1S/C94H109Cl2N11O34/c1-37(2)10-6-4-5-7-12-65(116)101-73-79(121)76(118)63(35-109)138-93(73)141-83-60-29-44-30-61(83)135-57-20-16-42(27-51(57)96)82(140-92-72(99-38(3)111)78(120)75(117)62(34-108)137-92)74-90(130)106-71(91(131)132)49-32-46(113)33-59(136-94-81(123)80(122)77(119)64(36-110)139-94)66(49)48-26-40(14-17-54(48)114)67(87(127)107-74)104-89(129)70(44)105-88(128)69-43-24-45(112)31-47(25-43)133-58-28-41(15-18-55(58)115)68(102-84(124)52(98)11-8-9-21-97)86(126)100-53(85(125)103-69)23-39-13-19-56(134-60)50(95)22-39/h13-20,22,24-33,37,52-53,62-64,67-82,92-94,108-110,112-115,117-123H,4-12,21,23,34-36,97-98H2,1-3H3,(H,99,111)(H,100,126)(H,101,116)(H,102,124)(H,103,125)(H,104,129)(H,105,128)(H,106,130)(H,107,127)(H,131,132)/t52-,53+,62+,63+,64+,67+,68+,69-,70+,71-,72+,73+,74-,75+,76+,77+,78+,79+,80-,81-,82+,92-,93-,94-/m0/s1. The number of carbonyl (C=O) groups is 10. The Kier molecular flexibility index (Phi) is 33.3. The molecular formula is C94H109Cl2N11O34. The number of aromatic hydroxyl groups is 4. The normalized spacial score (nSPS) is 28.0. The number of carboxylic acids is 1. The number of rotatable bonds is 25. The van der Waals surface area contributed by atoms with Crippen molar-refractivity contribution in [1.29, 1.82) is 0 Å². The van der Waals surface area contributed by atoms with Crippen LogP contribution in [0.1, 0.15) is 154 Å². The van der Waals surface area contributed by atoms with E-state index in [4.69, 9.17) is 77.3 Å². The van der Waals surface area contributed by atoms with Gasteiger partial charge in [0.25, 0.3) is 0 Å². The molecule has 24 atom stereocenters. The number of nitrogens with one attached hydrogen (secondary N) is 9. The molecule has 16 rings (SSSR count). The first-order valence-corrected chi connectivity index (χ1v) is 46.1. The molecule has 3 saturated heterocycles. The van der Waals surface area contributed by atoms with Crippen LogP contribution in [0.25, 0.3) is 11.1 Å². The number of halogens is 2. The van der Waals surface area contributed by atoms with Crippen molar-refractivity contribution in [1.82, 2.24) is 47.9 Å². The van der Waals surface area contributed by atoms with E-state index in [0.29, 0.717) is 31.6 Å². The van der Waals surface area contributed by atoms with Gasteiger partial charge < -0.3 is 179 Å². The first-order valence-electron chi connectivity index (χ1n) is 45.3. The maximum Gasteiger partial charge on any atom is 0.330 e. The summed E-state index contributed by atoms with van der Waals surface area (Å²) in [6.07, 6.45) is -25.4. The van der Waals surface area contributed by atoms with Crippen molar-refractivity contribution in [2.45, 2.75) is 231 Å². The highest BCUT2D eigenvalue weighted by atomic mass is 35.5. The van der Waals surface area contributed by atoms with E-state index in [1.54, 1.807) is 0 Å². The smallest absolute Gasteiger partial charge is 0.330 e. The van der Waals surface area contributed by atoms with Crippen LogP contribution >= 0.6 is 23.2 Å². The summed E-state index contributed by atoms with van der Waals surface area (Å²) in [6.45, 7) is 2.16. The Morgan fingerprint density at radius 2 is 1.06 bits per heavy atom. The largest absolute Gasteiger partial charge is 0.508 e. The van der Waals surface area contributed by atoms with E-state index in [0.717, 1.165) is 117 Å². The number of benzene rings is 7. The van der Waals surface area contributed by atoms with Crippen LogP contribution in [0, 0.1) is 5.92 Å². The highest BCUT2D eigenvalue weighted by molar-refractivity contribution is 6.32. The van der Waals surface area contributed by atoms with Crippen molar-refractivity contribution >= 4 is 82.3 Å². The summed E-state index contributed by atoms with van der Waals surface area (Å²) < 4.78 is 57.8. The number of aliphatic hydroxyl groups excluding tert-OH is 10. The molecule has 45 nitrogen and oxygen atoms in total. The molecule has 0 aliphatic carbocycles. The van der Waals surface area contributed by atoms with Gasteiger partial charge in [-0.1, -0.05) is 93.4 Å². The Morgan fingerprint density at radius 1 is 0.496 bits per heavy atom. The predicted molar refractivity (Wildman–Crippen MR) is 488 cm³/mol. The second kappa shape index (κ2) is 45.1. The lowest BCUT2D eigenvalue weighted by Crippen LogP contribution is -2.65. The van der Waals surface area contributed by atoms with E-state index in [2.05, 4.69) is 61.7 Å². The van der Waals surface area contributed by atoms with E-state index in [1.165, 1.54) is 24.3 Å². The van der Waals surface area contributed by atoms with Gasteiger partial charge in [0.15, 0.2) is 35.3 Å². The Bertz CT molecular complexity index is 5850. The molecule has 47 heteroatoms. The molecule has 141 heavy (non-hydrogen) atoms. The number of amides is 9. The second-order valence-corrected chi connectivity index (χ2v) is 36.4. The zero-order valence-electron chi connectivity index (χ0n) is 75.7. The lowest BCUT2D eigenvalue weighted by molar-refractivity contribution is -0.284. The Balaban J connectivity index is 1.03. The topological polar surface area (TPSA) is 718 Å². The number of phenols is 4. The van der Waals surface area contributed by atoms with Gasteiger partial charge in [0.2, 0.25) is 71.5 Å². The van der Waals surface area contributed by atoms with Crippen LogP contribution < -0.4 is 83.0 Å². The SMILES string of the molecule is CC(=O)N[C@H]1[C@H](O[C@@H]2c3ccc(c(Cl)c3)Oc3cc4cc(c3O[C@@H]3O[C@H](CO)[C@@H](O)[C@H](O)[C@H]3NC(=O)CCCCCCC(C)C)Oc3ccc(cc3Cl)C[C@H]3NC(=O)[C@H](NC(=O)[C@@H](N)CCCCN)c5ccc(O)c(c5)Oc5cc(O)cc(c5)[C@H](NC3=O)C(=O)N[C@H]4C(=O)N[C@H]3C(=O)N[C@@H]2C(=O)N[C@H](C(=O)O)c2cc(O)cc(O[C@H]4O[C@H](CO)[C@@H](O)[C@H](O)[C@@H]4O)c2-c2cc3ccc2O)O[C@H](CO)[C@@H](O)[C@@H]1O. The fraction of sp³-hybridized carbons (Fsp3) is 0.447. The van der Waals surface area contributed by atoms with Gasteiger partial charge in [-0.15, -0.1) is 0 Å². The van der Waals surface area contributed by atoms with Crippen LogP contribution in [-0.2, 0) is 73.3 Å². The fourth-order valence-electron chi connectivity index (χ4n) is 17.5. The van der Waals surface area contributed by atoms with Crippen molar-refractivity contribution in [3.63, 3.8) is 0 Å². The van der Waals surface area contributed by atoms with E-state index in [1.807, 2.05) is 0 Å². The van der Waals surface area contributed by atoms with E-state index < -0.39 is 339 Å². The fourth-order valence-corrected chi connectivity index (χ4v) is 18.0. The highest BCUT2D eigenvalue weighted by Crippen LogP contribution is 2.51. The summed E-state index contributed by atoms with van der Waals surface area (Å²) >= 11 is 14.8. The van der Waals surface area contributed by atoms with Crippen LogP contribution in [0.4, 0.5) is 0 Å². The first-order chi connectivity index (χ1) is 67.2. The van der Waals surface area contributed by atoms with Gasteiger partial charge >= 0.3 is 5.97 Å². The molecule has 3 fully saturated rings. The number of fused-ring (bicyclic) bond motifs is 14. The lowest BCUT2D eigenvalue weighted by atomic mass is 9.89. The molecule has 9 aliphatic rings. The van der Waals surface area contributed by atoms with Crippen molar-refractivity contribution < 1.29 is 167 Å². The quantitative estimate of drug-likeness (QED) is 0.0349. The van der Waals surface area contributed by atoms with Crippen molar-refractivity contribution in [2.24, 2.45) is 17.4 Å². The summed E-state index contributed by atoms with van der Waals surface area (Å²) in [5.41, 5.74) is 8.03. The monoisotopic (exact) mass is 2010 g/mol. The van der Waals surface area contributed by atoms with Crippen molar-refractivity contribution in [3.05, 3.63) is 164 Å². The van der Waals surface area contributed by atoms with Crippen LogP contribution in [0.3, 0.4) is 0 Å². The van der Waals surface area contributed by atoms with Crippen LogP contribution in [-0.4, -0.2) is 272 Å². The highest BCUT2D eigenvalue weighted by Gasteiger charge is 2.53. The summed E-state index contributed by atoms with van der Waals surface area (Å²) in [6, 6.07) is -1.54.